The first-order chi connectivity index (χ1) is 7.62. The highest BCUT2D eigenvalue weighted by Crippen LogP contribution is 2.39. The summed E-state index contributed by atoms with van der Waals surface area (Å²) in [5.74, 6) is 0.751. The molecule has 0 fully saturated rings. The Hall–Kier alpha value is -1.49. The Morgan fingerprint density at radius 1 is 1.38 bits per heavy atom. The number of carbonyl (C=O) groups excluding carboxylic acids is 1. The molecule has 86 valence electrons. The zero-order chi connectivity index (χ0) is 12.1. The maximum Gasteiger partial charge on any atom is 0.335 e. The van der Waals surface area contributed by atoms with Gasteiger partial charge in [-0.2, -0.15) is 0 Å². The fraction of sp³-hybridized carbons (Fsp3) is 0.182. The number of hydrogen-bond donors (Lipinski definition) is 0. The molecule has 4 nitrogen and oxygen atoms in total. The van der Waals surface area contributed by atoms with Crippen LogP contribution in [0.5, 0.6) is 17.2 Å². The average Bonchev–Trinajstić information content (AvgIpc) is 2.30. The predicted octanol–water partition coefficient (Wildman–Crippen LogP) is 2.56. The number of esters is 1. The minimum absolute atomic E-state index is 0.299. The second-order valence-electron chi connectivity index (χ2n) is 2.77. The van der Waals surface area contributed by atoms with E-state index >= 15 is 0 Å². The number of ether oxygens (including phenoxy) is 3. The van der Waals surface area contributed by atoms with Crippen molar-refractivity contribution in [2.45, 2.75) is 0 Å². The maximum absolute atomic E-state index is 11.1. The molecule has 0 amide bonds. The Bertz CT molecular complexity index is 415. The van der Waals surface area contributed by atoms with Crippen molar-refractivity contribution >= 4 is 21.9 Å². The van der Waals surface area contributed by atoms with Gasteiger partial charge in [-0.25, -0.2) is 4.79 Å². The van der Waals surface area contributed by atoms with Gasteiger partial charge in [0, 0.05) is 12.1 Å². The van der Waals surface area contributed by atoms with E-state index in [4.69, 9.17) is 14.2 Å². The number of rotatable bonds is 4. The number of methoxy groups -OCH3 is 2. The van der Waals surface area contributed by atoms with Gasteiger partial charge >= 0.3 is 5.97 Å². The zero-order valence-electron chi connectivity index (χ0n) is 8.95. The zero-order valence-corrected chi connectivity index (χ0v) is 10.5. The molecular weight excluding hydrogens is 276 g/mol. The Morgan fingerprint density at radius 3 is 2.56 bits per heavy atom. The Morgan fingerprint density at radius 2 is 2.06 bits per heavy atom. The van der Waals surface area contributed by atoms with Crippen LogP contribution in [-0.4, -0.2) is 20.2 Å². The van der Waals surface area contributed by atoms with Gasteiger partial charge in [-0.3, -0.25) is 0 Å². The van der Waals surface area contributed by atoms with E-state index in [-0.39, 0.29) is 0 Å². The summed E-state index contributed by atoms with van der Waals surface area (Å²) in [5, 5.41) is 0. The molecular formula is C11H11BrO4. The summed E-state index contributed by atoms with van der Waals surface area (Å²) < 4.78 is 15.7. The predicted molar refractivity (Wildman–Crippen MR) is 63.1 cm³/mol. The van der Waals surface area contributed by atoms with Crippen LogP contribution in [0, 0.1) is 0 Å². The molecule has 16 heavy (non-hydrogen) atoms. The molecule has 0 aliphatic carbocycles. The van der Waals surface area contributed by atoms with Gasteiger partial charge in [0.2, 0.25) is 0 Å². The topological polar surface area (TPSA) is 44.8 Å². The molecule has 0 heterocycles. The van der Waals surface area contributed by atoms with Crippen LogP contribution in [0.3, 0.4) is 0 Å². The van der Waals surface area contributed by atoms with Gasteiger partial charge in [-0.15, -0.1) is 0 Å². The number of benzene rings is 1. The highest BCUT2D eigenvalue weighted by atomic mass is 79.9. The second kappa shape index (κ2) is 5.55. The molecule has 0 bridgehead atoms. The minimum Gasteiger partial charge on any atom is -0.497 e. The summed E-state index contributed by atoms with van der Waals surface area (Å²) in [4.78, 5) is 11.1. The van der Waals surface area contributed by atoms with E-state index in [0.717, 1.165) is 6.08 Å². The van der Waals surface area contributed by atoms with Crippen molar-refractivity contribution in [3.8, 4) is 17.2 Å². The van der Waals surface area contributed by atoms with Gasteiger partial charge in [0.25, 0.3) is 0 Å². The van der Waals surface area contributed by atoms with Crippen molar-refractivity contribution in [1.29, 1.82) is 0 Å². The fourth-order valence-electron chi connectivity index (χ4n) is 1.06. The van der Waals surface area contributed by atoms with Gasteiger partial charge in [-0.05, 0) is 22.0 Å². The average molecular weight is 287 g/mol. The molecule has 0 saturated carbocycles. The molecule has 0 atom stereocenters. The van der Waals surface area contributed by atoms with Crippen LogP contribution in [0.25, 0.3) is 0 Å². The molecule has 0 spiro atoms. The van der Waals surface area contributed by atoms with Gasteiger partial charge in [0.1, 0.15) is 5.75 Å². The quantitative estimate of drug-likeness (QED) is 0.485. The highest BCUT2D eigenvalue weighted by Gasteiger charge is 2.14. The van der Waals surface area contributed by atoms with Crippen molar-refractivity contribution in [3.63, 3.8) is 0 Å². The Kier molecular flexibility index (Phi) is 4.37. The van der Waals surface area contributed by atoms with Gasteiger partial charge in [0.05, 0.1) is 18.7 Å². The molecule has 1 rings (SSSR count). The van der Waals surface area contributed by atoms with E-state index < -0.39 is 5.97 Å². The molecule has 0 aliphatic rings. The van der Waals surface area contributed by atoms with Crippen LogP contribution >= 0.6 is 15.9 Å². The van der Waals surface area contributed by atoms with Gasteiger partial charge in [0.15, 0.2) is 11.5 Å². The van der Waals surface area contributed by atoms with Crippen molar-refractivity contribution in [2.75, 3.05) is 14.2 Å². The number of halogens is 1. The van der Waals surface area contributed by atoms with Crippen LogP contribution < -0.4 is 14.2 Å². The first kappa shape index (κ1) is 12.6. The van der Waals surface area contributed by atoms with Crippen LogP contribution in [0.1, 0.15) is 0 Å². The van der Waals surface area contributed by atoms with Crippen LogP contribution in [-0.2, 0) is 4.79 Å². The third-order valence-corrected chi connectivity index (χ3v) is 2.40. The largest absolute Gasteiger partial charge is 0.497 e. The highest BCUT2D eigenvalue weighted by molar-refractivity contribution is 9.10. The lowest BCUT2D eigenvalue weighted by Gasteiger charge is -2.11. The van der Waals surface area contributed by atoms with E-state index in [2.05, 4.69) is 22.5 Å². The molecule has 1 aromatic carbocycles. The smallest absolute Gasteiger partial charge is 0.335 e. The summed E-state index contributed by atoms with van der Waals surface area (Å²) in [7, 11) is 3.02. The summed E-state index contributed by atoms with van der Waals surface area (Å²) in [5.41, 5.74) is 0. The van der Waals surface area contributed by atoms with E-state index in [1.807, 2.05) is 0 Å². The SMILES string of the molecule is C=CC(=O)Oc1c(Br)cc(OC)cc1OC. The van der Waals surface area contributed by atoms with Gasteiger partial charge in [-0.1, -0.05) is 6.58 Å². The van der Waals surface area contributed by atoms with Crippen molar-refractivity contribution < 1.29 is 19.0 Å². The van der Waals surface area contributed by atoms with Crippen LogP contribution in [0.2, 0.25) is 0 Å². The molecule has 0 aromatic heterocycles. The van der Waals surface area contributed by atoms with Crippen molar-refractivity contribution in [3.05, 3.63) is 29.3 Å². The fourth-order valence-corrected chi connectivity index (χ4v) is 1.56. The molecule has 0 N–H and O–H groups in total. The van der Waals surface area contributed by atoms with Crippen LogP contribution in [0.15, 0.2) is 29.3 Å². The Labute approximate surface area is 102 Å². The molecule has 0 saturated heterocycles. The molecule has 1 aromatic rings. The summed E-state index contributed by atoms with van der Waals surface area (Å²) in [6.45, 7) is 3.32. The first-order valence-corrected chi connectivity index (χ1v) is 5.17. The van der Waals surface area contributed by atoms with Crippen LogP contribution in [0.4, 0.5) is 0 Å². The molecule has 0 unspecified atom stereocenters. The van der Waals surface area contributed by atoms with E-state index in [9.17, 15) is 4.79 Å². The number of carbonyl (C=O) groups is 1. The number of hydrogen-bond acceptors (Lipinski definition) is 4. The molecule has 5 heteroatoms. The van der Waals surface area contributed by atoms with E-state index in [1.54, 1.807) is 12.1 Å². The molecule has 0 aliphatic heterocycles. The minimum atomic E-state index is -0.552. The second-order valence-corrected chi connectivity index (χ2v) is 3.62. The lowest BCUT2D eigenvalue weighted by molar-refractivity contribution is -0.129. The Balaban J connectivity index is 3.15. The third-order valence-electron chi connectivity index (χ3n) is 1.81. The summed E-state index contributed by atoms with van der Waals surface area (Å²) in [6.07, 6.45) is 1.08. The van der Waals surface area contributed by atoms with Gasteiger partial charge < -0.3 is 14.2 Å². The normalized spacial score (nSPS) is 9.44. The monoisotopic (exact) mass is 286 g/mol. The maximum atomic E-state index is 11.1. The summed E-state index contributed by atoms with van der Waals surface area (Å²) in [6, 6.07) is 3.30. The van der Waals surface area contributed by atoms with E-state index in [0.29, 0.717) is 21.7 Å². The van der Waals surface area contributed by atoms with Crippen molar-refractivity contribution in [2.24, 2.45) is 0 Å². The lowest BCUT2D eigenvalue weighted by atomic mass is 10.3. The third kappa shape index (κ3) is 2.76. The standard InChI is InChI=1S/C11H11BrO4/c1-4-10(13)16-11-8(12)5-7(14-2)6-9(11)15-3/h4-6H,1H2,2-3H3. The lowest BCUT2D eigenvalue weighted by Crippen LogP contribution is -2.05. The molecule has 0 radical (unpaired) electrons. The van der Waals surface area contributed by atoms with E-state index in [1.165, 1.54) is 14.2 Å². The van der Waals surface area contributed by atoms with Crippen molar-refractivity contribution in [1.82, 2.24) is 0 Å². The summed E-state index contributed by atoms with van der Waals surface area (Å²) >= 11 is 3.27. The first-order valence-electron chi connectivity index (χ1n) is 4.38.